The molecule has 1 aromatic rings. The average Bonchev–Trinajstić information content (AvgIpc) is 2.80. The molecule has 6 N–H and O–H groups in total. The number of carbonyl (C=O) groups is 3. The highest BCUT2D eigenvalue weighted by Crippen LogP contribution is 2.58. The molecule has 4 rings (SSSR count). The Balaban J connectivity index is 2.02. The molecule has 1 amide bonds. The zero-order valence-corrected chi connectivity index (χ0v) is 21.5. The lowest BCUT2D eigenvalue weighted by Gasteiger charge is -2.55. The number of aliphatic hydroxyl groups excluding tert-OH is 2. The number of aromatic hydroxyl groups is 1. The van der Waals surface area contributed by atoms with Crippen LogP contribution >= 0.6 is 11.8 Å². The van der Waals surface area contributed by atoms with E-state index in [2.05, 4.69) is 6.92 Å². The minimum atomic E-state index is -2.66. The maximum Gasteiger partial charge on any atom is 0.255 e. The fourth-order valence-electron chi connectivity index (χ4n) is 6.40. The largest absolute Gasteiger partial charge is 0.508 e. The van der Waals surface area contributed by atoms with Crippen LogP contribution in [0, 0.1) is 17.8 Å². The van der Waals surface area contributed by atoms with Gasteiger partial charge >= 0.3 is 0 Å². The van der Waals surface area contributed by atoms with Crippen molar-refractivity contribution in [1.29, 1.82) is 0 Å². The molecule has 0 bridgehead atoms. The van der Waals surface area contributed by atoms with Crippen molar-refractivity contribution in [2.45, 2.75) is 37.8 Å². The summed E-state index contributed by atoms with van der Waals surface area (Å²) < 4.78 is 0. The number of amides is 1. The van der Waals surface area contributed by atoms with E-state index in [-0.39, 0.29) is 22.8 Å². The number of rotatable bonds is 6. The summed E-state index contributed by atoms with van der Waals surface area (Å²) in [5.41, 5.74) is 2.58. The normalized spacial score (nSPS) is 31.9. The number of likely N-dealkylation sites (N-methyl/N-ethyl adjacent to an activating group) is 1. The van der Waals surface area contributed by atoms with Gasteiger partial charge in [-0.05, 0) is 43.8 Å². The lowest BCUT2D eigenvalue weighted by molar-refractivity contribution is -0.160. The van der Waals surface area contributed by atoms with E-state index in [4.69, 9.17) is 5.73 Å². The number of phenolic OH excluding ortho intramolecular Hbond substituents is 1. The second-order valence-electron chi connectivity index (χ2n) is 10.1. The van der Waals surface area contributed by atoms with Crippen LogP contribution in [0.3, 0.4) is 0 Å². The molecule has 0 unspecified atom stereocenters. The molecular weight excluding hydrogens is 484 g/mol. The predicted molar refractivity (Wildman–Crippen MR) is 135 cm³/mol. The first-order chi connectivity index (χ1) is 16.9. The molecule has 0 saturated heterocycles. The Morgan fingerprint density at radius 2 is 1.86 bits per heavy atom. The van der Waals surface area contributed by atoms with E-state index in [1.165, 1.54) is 11.0 Å². The summed E-state index contributed by atoms with van der Waals surface area (Å²) in [7, 11) is 3.18. The zero-order chi connectivity index (χ0) is 26.7. The molecule has 3 aliphatic rings. The number of phenols is 1. The summed E-state index contributed by atoms with van der Waals surface area (Å²) in [6, 6.07) is 3.76. The molecule has 0 aliphatic heterocycles. The van der Waals surface area contributed by atoms with Gasteiger partial charge in [-0.15, -0.1) is 0 Å². The van der Waals surface area contributed by atoms with Gasteiger partial charge in [0.15, 0.2) is 11.4 Å². The topological polar surface area (TPSA) is 161 Å². The molecule has 194 valence electrons. The van der Waals surface area contributed by atoms with E-state index in [1.54, 1.807) is 44.9 Å². The molecule has 0 heterocycles. The van der Waals surface area contributed by atoms with Crippen molar-refractivity contribution < 1.29 is 34.8 Å². The average molecular weight is 517 g/mol. The summed E-state index contributed by atoms with van der Waals surface area (Å²) in [6.45, 7) is 3.83. The fraction of sp³-hybridized carbons (Fsp3) is 0.500. The smallest absolute Gasteiger partial charge is 0.255 e. The molecule has 0 spiro atoms. The van der Waals surface area contributed by atoms with Gasteiger partial charge in [0, 0.05) is 29.1 Å². The van der Waals surface area contributed by atoms with E-state index < -0.39 is 64.0 Å². The molecule has 9 nitrogen and oxygen atoms in total. The Morgan fingerprint density at radius 3 is 2.44 bits per heavy atom. The van der Waals surface area contributed by atoms with Gasteiger partial charge in [0.05, 0.1) is 11.6 Å². The van der Waals surface area contributed by atoms with Gasteiger partial charge in [0.2, 0.25) is 5.78 Å². The first-order valence-electron chi connectivity index (χ1n) is 12.0. The van der Waals surface area contributed by atoms with Gasteiger partial charge in [-0.25, -0.2) is 0 Å². The lowest BCUT2D eigenvalue weighted by atomic mass is 9.51. The Kier molecular flexibility index (Phi) is 6.74. The van der Waals surface area contributed by atoms with Crippen LogP contribution in [0.15, 0.2) is 35.1 Å². The number of primary amides is 1. The van der Waals surface area contributed by atoms with Crippen molar-refractivity contribution >= 4 is 35.0 Å². The molecule has 1 saturated carbocycles. The molecule has 1 fully saturated rings. The summed E-state index contributed by atoms with van der Waals surface area (Å²) >= 11 is 1.67. The number of thioether (sulfide) groups is 1. The Morgan fingerprint density at radius 1 is 1.19 bits per heavy atom. The Hall–Kier alpha value is -2.82. The number of nitrogens with zero attached hydrogens (tertiary/aromatic N) is 1. The van der Waals surface area contributed by atoms with Gasteiger partial charge in [-0.2, -0.15) is 11.8 Å². The molecule has 3 aliphatic carbocycles. The Bertz CT molecular complexity index is 1210. The van der Waals surface area contributed by atoms with Crippen LogP contribution in [0.25, 0.3) is 5.76 Å². The second-order valence-corrected chi connectivity index (χ2v) is 11.2. The van der Waals surface area contributed by atoms with Crippen LogP contribution in [0.5, 0.6) is 5.75 Å². The number of nitrogens with two attached hydrogens (primary N) is 1. The van der Waals surface area contributed by atoms with Crippen LogP contribution in [0.2, 0.25) is 0 Å². The standard InChI is InChI=1S/C26H32N2O7S/c1-5-9-36-10-13-12-7-6-8-14(29)16(12)21(30)17-15(13)11(2)19-20(28(3)4)22(31)18(25(27)34)24(33)26(19,35)23(17)32/h6-8,11,13,15,19-20,29-30,33,35H,5,9-10H2,1-4H3,(H2,27,34)/t11-,13-,15+,19-,20-,26-/m0/s1. The van der Waals surface area contributed by atoms with Crippen molar-refractivity contribution in [2.24, 2.45) is 23.5 Å². The SMILES string of the molecule is CCCSC[C@H]1c2cccc(O)c2C(O)=C2C(=O)[C@]3(O)C(O)=C(C(N)=O)C(=O)[C@@H](N(C)C)[C@@H]3[C@@H](C)[C@@H]21. The molecular formula is C26H32N2O7S. The molecule has 0 aromatic heterocycles. The quantitative estimate of drug-likeness (QED) is 0.281. The highest BCUT2D eigenvalue weighted by Gasteiger charge is 2.67. The van der Waals surface area contributed by atoms with Crippen molar-refractivity contribution in [3.63, 3.8) is 0 Å². The number of Topliss-reactive ketones (excluding diaryl/α,β-unsaturated/α-hetero) is 2. The fourth-order valence-corrected chi connectivity index (χ4v) is 7.50. The number of hydrogen-bond donors (Lipinski definition) is 5. The summed E-state index contributed by atoms with van der Waals surface area (Å²) in [5, 5.41) is 44.8. The third-order valence-corrected chi connectivity index (χ3v) is 9.13. The summed E-state index contributed by atoms with van der Waals surface area (Å²) in [4.78, 5) is 41.1. The van der Waals surface area contributed by atoms with E-state index in [0.29, 0.717) is 11.3 Å². The third kappa shape index (κ3) is 3.49. The number of hydrogen-bond acceptors (Lipinski definition) is 9. The Labute approximate surface area is 213 Å². The predicted octanol–water partition coefficient (Wildman–Crippen LogP) is 1.89. The van der Waals surface area contributed by atoms with Crippen molar-refractivity contribution in [3.8, 4) is 5.75 Å². The van der Waals surface area contributed by atoms with Crippen LogP contribution in [-0.4, -0.2) is 80.0 Å². The molecule has 0 radical (unpaired) electrons. The number of ketones is 2. The lowest BCUT2D eigenvalue weighted by Crippen LogP contribution is -2.68. The number of carbonyl (C=O) groups excluding carboxylic acids is 3. The molecule has 6 atom stereocenters. The monoisotopic (exact) mass is 516 g/mol. The maximum absolute atomic E-state index is 14.1. The third-order valence-electron chi connectivity index (χ3n) is 7.84. The molecule has 1 aromatic carbocycles. The van der Waals surface area contributed by atoms with Gasteiger partial charge < -0.3 is 26.2 Å². The van der Waals surface area contributed by atoms with E-state index in [1.807, 2.05) is 0 Å². The van der Waals surface area contributed by atoms with Gasteiger partial charge in [0.25, 0.3) is 5.91 Å². The number of benzene rings is 1. The molecule has 36 heavy (non-hydrogen) atoms. The van der Waals surface area contributed by atoms with Crippen molar-refractivity contribution in [2.75, 3.05) is 25.6 Å². The minimum Gasteiger partial charge on any atom is -0.508 e. The van der Waals surface area contributed by atoms with Crippen molar-refractivity contribution in [1.82, 2.24) is 4.90 Å². The van der Waals surface area contributed by atoms with Crippen LogP contribution < -0.4 is 5.73 Å². The molecule has 10 heteroatoms. The highest BCUT2D eigenvalue weighted by atomic mass is 32.2. The highest BCUT2D eigenvalue weighted by molar-refractivity contribution is 7.99. The minimum absolute atomic E-state index is 0.114. The summed E-state index contributed by atoms with van der Waals surface area (Å²) in [5.74, 6) is -5.99. The zero-order valence-electron chi connectivity index (χ0n) is 20.7. The van der Waals surface area contributed by atoms with Crippen LogP contribution in [0.4, 0.5) is 0 Å². The first kappa shape index (κ1) is 26.2. The van der Waals surface area contributed by atoms with Gasteiger partial charge in [-0.1, -0.05) is 26.0 Å². The summed E-state index contributed by atoms with van der Waals surface area (Å²) in [6.07, 6.45) is 0.936. The second kappa shape index (κ2) is 9.24. The van der Waals surface area contributed by atoms with Crippen LogP contribution in [-0.2, 0) is 14.4 Å². The van der Waals surface area contributed by atoms with Gasteiger partial charge in [0.1, 0.15) is 22.8 Å². The van der Waals surface area contributed by atoms with Crippen LogP contribution in [0.1, 0.15) is 37.3 Å². The number of fused-ring (bicyclic) bond motifs is 3. The maximum atomic E-state index is 14.1. The van der Waals surface area contributed by atoms with Crippen molar-refractivity contribution in [3.05, 3.63) is 46.2 Å². The first-order valence-corrected chi connectivity index (χ1v) is 13.1. The van der Waals surface area contributed by atoms with Gasteiger partial charge in [-0.3, -0.25) is 19.3 Å². The van der Waals surface area contributed by atoms with E-state index in [0.717, 1.165) is 12.2 Å². The van der Waals surface area contributed by atoms with E-state index >= 15 is 0 Å². The number of aliphatic hydroxyl groups is 3. The van der Waals surface area contributed by atoms with E-state index in [9.17, 15) is 34.8 Å².